The maximum atomic E-state index is 9.84. The van der Waals surface area contributed by atoms with Gasteiger partial charge in [-0.15, -0.1) is 0 Å². The maximum Gasteiger partial charge on any atom is 0.121 e. The first-order valence-electron chi connectivity index (χ1n) is 10.6. The van der Waals surface area contributed by atoms with Crippen LogP contribution in [0.25, 0.3) is 16.7 Å². The highest BCUT2D eigenvalue weighted by molar-refractivity contribution is 6.04. The molecular formula is C29H28N2. The van der Waals surface area contributed by atoms with Crippen molar-refractivity contribution in [2.24, 2.45) is 0 Å². The van der Waals surface area contributed by atoms with E-state index in [1.54, 1.807) is 0 Å². The predicted octanol–water partition coefficient (Wildman–Crippen LogP) is 7.24. The molecule has 1 N–H and O–H groups in total. The van der Waals surface area contributed by atoms with Crippen LogP contribution in [0.3, 0.4) is 0 Å². The van der Waals surface area contributed by atoms with Crippen LogP contribution < -0.4 is 5.32 Å². The van der Waals surface area contributed by atoms with E-state index in [0.29, 0.717) is 5.70 Å². The molecule has 0 fully saturated rings. The van der Waals surface area contributed by atoms with Crippen LogP contribution in [0.1, 0.15) is 43.0 Å². The lowest BCUT2D eigenvalue weighted by molar-refractivity contribution is 1.11. The molecule has 2 heteroatoms. The summed E-state index contributed by atoms with van der Waals surface area (Å²) in [6.45, 7) is 6.17. The summed E-state index contributed by atoms with van der Waals surface area (Å²) in [5.41, 5.74) is 8.18. The highest BCUT2D eigenvalue weighted by Gasteiger charge is 2.11. The molecule has 3 aromatic carbocycles. The summed E-state index contributed by atoms with van der Waals surface area (Å²) in [4.78, 5) is 0. The highest BCUT2D eigenvalue weighted by Crippen LogP contribution is 2.31. The van der Waals surface area contributed by atoms with Gasteiger partial charge in [0.2, 0.25) is 0 Å². The molecule has 0 amide bonds. The summed E-state index contributed by atoms with van der Waals surface area (Å²) in [7, 11) is 0. The largest absolute Gasteiger partial charge is 0.352 e. The molecule has 0 radical (unpaired) electrons. The molecule has 31 heavy (non-hydrogen) atoms. The molecule has 0 unspecified atom stereocenters. The Labute approximate surface area is 185 Å². The van der Waals surface area contributed by atoms with Crippen LogP contribution in [0.15, 0.2) is 103 Å². The van der Waals surface area contributed by atoms with Crippen molar-refractivity contribution in [1.29, 1.82) is 5.26 Å². The van der Waals surface area contributed by atoms with Gasteiger partial charge in [-0.2, -0.15) is 5.26 Å². The maximum absolute atomic E-state index is 9.84. The average molecular weight is 405 g/mol. The van der Waals surface area contributed by atoms with Gasteiger partial charge in [0.15, 0.2) is 0 Å². The molecule has 2 nitrogen and oxygen atoms in total. The van der Waals surface area contributed by atoms with Crippen molar-refractivity contribution >= 4 is 16.7 Å². The fourth-order valence-corrected chi connectivity index (χ4v) is 3.53. The molecule has 3 aromatic rings. The second-order valence-corrected chi connectivity index (χ2v) is 7.30. The first-order chi connectivity index (χ1) is 15.2. The number of hydrogen-bond donors (Lipinski definition) is 1. The van der Waals surface area contributed by atoms with E-state index in [1.165, 1.54) is 5.56 Å². The van der Waals surface area contributed by atoms with Crippen LogP contribution in [0, 0.1) is 11.3 Å². The zero-order chi connectivity index (χ0) is 22.1. The van der Waals surface area contributed by atoms with Gasteiger partial charge in [-0.3, -0.25) is 0 Å². The SMILES string of the molecule is C/C=C(\C(=C/N/C(C#N)=C(\C)c1ccc(CC)cc1)c1ccccc1)c1ccccc1. The molecule has 0 saturated heterocycles. The number of aryl methyl sites for hydroxylation is 1. The minimum Gasteiger partial charge on any atom is -0.352 e. The first kappa shape index (κ1) is 21.9. The Kier molecular flexibility index (Phi) is 7.62. The van der Waals surface area contributed by atoms with Crippen molar-refractivity contribution in [3.63, 3.8) is 0 Å². The highest BCUT2D eigenvalue weighted by atomic mass is 14.9. The Bertz CT molecular complexity index is 1130. The minimum atomic E-state index is 0.543. The quantitative estimate of drug-likeness (QED) is 0.333. The standard InChI is InChI=1S/C29H28N2/c1-4-23-16-18-24(19-17-23)22(3)29(20-30)31-21-28(26-14-10-7-11-15-26)27(5-2)25-12-8-6-9-13-25/h5-19,21,31H,4H2,1-3H3/b27-5-,28-21-,29-22+. The molecule has 0 atom stereocenters. The Hall–Kier alpha value is -3.83. The Balaban J connectivity index is 2.02. The Morgan fingerprint density at radius 3 is 1.84 bits per heavy atom. The summed E-state index contributed by atoms with van der Waals surface area (Å²) in [6.07, 6.45) is 5.06. The second kappa shape index (κ2) is 10.8. The van der Waals surface area contributed by atoms with Crippen molar-refractivity contribution in [3.05, 3.63) is 125 Å². The van der Waals surface area contributed by atoms with Crippen LogP contribution in [-0.2, 0) is 6.42 Å². The third kappa shape index (κ3) is 5.41. The molecule has 0 bridgehead atoms. The van der Waals surface area contributed by atoms with Gasteiger partial charge < -0.3 is 5.32 Å². The zero-order valence-electron chi connectivity index (χ0n) is 18.4. The van der Waals surface area contributed by atoms with Crippen molar-refractivity contribution in [2.45, 2.75) is 27.2 Å². The lowest BCUT2D eigenvalue weighted by Gasteiger charge is -2.15. The molecular weight excluding hydrogens is 376 g/mol. The van der Waals surface area contributed by atoms with Gasteiger partial charge in [-0.05, 0) is 53.7 Å². The van der Waals surface area contributed by atoms with Crippen LogP contribution in [0.2, 0.25) is 0 Å². The monoisotopic (exact) mass is 404 g/mol. The fraction of sp³-hybridized carbons (Fsp3) is 0.138. The summed E-state index contributed by atoms with van der Waals surface area (Å²) < 4.78 is 0. The second-order valence-electron chi connectivity index (χ2n) is 7.30. The molecule has 0 spiro atoms. The van der Waals surface area contributed by atoms with E-state index in [9.17, 15) is 5.26 Å². The molecule has 154 valence electrons. The lowest BCUT2D eigenvalue weighted by Crippen LogP contribution is -2.07. The number of nitrogens with one attached hydrogen (secondary N) is 1. The molecule has 3 rings (SSSR count). The molecule has 0 aliphatic carbocycles. The summed E-state index contributed by atoms with van der Waals surface area (Å²) in [6, 6.07) is 31.3. The van der Waals surface area contributed by atoms with E-state index in [0.717, 1.165) is 39.8 Å². The number of hydrogen-bond acceptors (Lipinski definition) is 2. The fourth-order valence-electron chi connectivity index (χ4n) is 3.53. The smallest absolute Gasteiger partial charge is 0.121 e. The topological polar surface area (TPSA) is 35.8 Å². The zero-order valence-corrected chi connectivity index (χ0v) is 18.4. The van der Waals surface area contributed by atoms with Gasteiger partial charge in [0.25, 0.3) is 0 Å². The molecule has 0 aromatic heterocycles. The summed E-state index contributed by atoms with van der Waals surface area (Å²) in [5.74, 6) is 0. The predicted molar refractivity (Wildman–Crippen MR) is 132 cm³/mol. The first-order valence-corrected chi connectivity index (χ1v) is 10.6. The van der Waals surface area contributed by atoms with Gasteiger partial charge in [0.05, 0.1) is 0 Å². The molecule has 0 aliphatic heterocycles. The van der Waals surface area contributed by atoms with E-state index < -0.39 is 0 Å². The van der Waals surface area contributed by atoms with Crippen molar-refractivity contribution in [1.82, 2.24) is 5.32 Å². The number of nitrogens with zero attached hydrogens (tertiary/aromatic N) is 1. The van der Waals surface area contributed by atoms with Crippen molar-refractivity contribution < 1.29 is 0 Å². The number of nitriles is 1. The number of allylic oxidation sites excluding steroid dienone is 5. The molecule has 0 saturated carbocycles. The Morgan fingerprint density at radius 2 is 1.35 bits per heavy atom. The van der Waals surface area contributed by atoms with Crippen LogP contribution >= 0.6 is 0 Å². The number of rotatable bonds is 7. The Morgan fingerprint density at radius 1 is 0.806 bits per heavy atom. The summed E-state index contributed by atoms with van der Waals surface area (Å²) >= 11 is 0. The van der Waals surface area contributed by atoms with E-state index in [4.69, 9.17) is 0 Å². The molecule has 0 aliphatic rings. The van der Waals surface area contributed by atoms with E-state index in [1.807, 2.05) is 56.4 Å². The van der Waals surface area contributed by atoms with Crippen molar-refractivity contribution in [3.8, 4) is 6.07 Å². The number of benzene rings is 3. The van der Waals surface area contributed by atoms with Crippen LogP contribution in [-0.4, -0.2) is 0 Å². The van der Waals surface area contributed by atoms with Crippen LogP contribution in [0.5, 0.6) is 0 Å². The average Bonchev–Trinajstić information content (AvgIpc) is 2.84. The normalized spacial score (nSPS) is 12.7. The summed E-state index contributed by atoms with van der Waals surface area (Å²) in [5, 5.41) is 13.1. The van der Waals surface area contributed by atoms with Gasteiger partial charge in [-0.25, -0.2) is 0 Å². The van der Waals surface area contributed by atoms with E-state index in [2.05, 4.69) is 72.9 Å². The van der Waals surface area contributed by atoms with Gasteiger partial charge in [0.1, 0.15) is 11.8 Å². The van der Waals surface area contributed by atoms with Crippen LogP contribution in [0.4, 0.5) is 0 Å². The van der Waals surface area contributed by atoms with Gasteiger partial charge in [0, 0.05) is 11.8 Å². The van der Waals surface area contributed by atoms with E-state index >= 15 is 0 Å². The van der Waals surface area contributed by atoms with Gasteiger partial charge >= 0.3 is 0 Å². The molecule has 0 heterocycles. The third-order valence-corrected chi connectivity index (χ3v) is 5.39. The van der Waals surface area contributed by atoms with Gasteiger partial charge in [-0.1, -0.05) is 97.9 Å². The third-order valence-electron chi connectivity index (χ3n) is 5.39. The lowest BCUT2D eigenvalue weighted by atomic mass is 9.93. The minimum absolute atomic E-state index is 0.543. The van der Waals surface area contributed by atoms with Crippen molar-refractivity contribution in [2.75, 3.05) is 0 Å². The van der Waals surface area contributed by atoms with E-state index in [-0.39, 0.29) is 0 Å².